The van der Waals surface area contributed by atoms with Gasteiger partial charge in [-0.1, -0.05) is 30.3 Å². The molecule has 6 heteroatoms. The van der Waals surface area contributed by atoms with E-state index in [2.05, 4.69) is 62.6 Å². The minimum absolute atomic E-state index is 0.102. The number of halogens is 2. The molecule has 1 amide bonds. The van der Waals surface area contributed by atoms with Gasteiger partial charge in [0.1, 0.15) is 17.4 Å². The quantitative estimate of drug-likeness (QED) is 0.206. The number of hydrogen-bond donors (Lipinski definition) is 1. The lowest BCUT2D eigenvalue weighted by molar-refractivity contribution is -0.117. The van der Waals surface area contributed by atoms with Crippen molar-refractivity contribution in [3.05, 3.63) is 66.3 Å². The van der Waals surface area contributed by atoms with Crippen LogP contribution in [0.15, 0.2) is 48.0 Å². The highest BCUT2D eigenvalue weighted by molar-refractivity contribution is 14.1. The normalized spacial score (nSPS) is 11.0. The average Bonchev–Trinajstić information content (AvgIpc) is 2.67. The molecule has 4 nitrogen and oxygen atoms in total. The molecule has 2 rings (SSSR count). The van der Waals surface area contributed by atoms with Gasteiger partial charge in [-0.05, 0) is 94.3 Å². The number of rotatable bonds is 8. The molecule has 0 aromatic heterocycles. The summed E-state index contributed by atoms with van der Waals surface area (Å²) in [5.74, 6) is 0.490. The van der Waals surface area contributed by atoms with Crippen molar-refractivity contribution in [2.45, 2.75) is 19.8 Å². The summed E-state index contributed by atoms with van der Waals surface area (Å²) in [4.78, 5) is 12.3. The smallest absolute Gasteiger partial charge is 0.261 e. The van der Waals surface area contributed by atoms with Crippen molar-refractivity contribution in [2.24, 2.45) is 0 Å². The van der Waals surface area contributed by atoms with E-state index >= 15 is 0 Å². The molecule has 27 heavy (non-hydrogen) atoms. The molecular weight excluding hydrogens is 566 g/mol. The second-order valence-electron chi connectivity index (χ2n) is 5.76. The van der Waals surface area contributed by atoms with Crippen molar-refractivity contribution in [1.82, 2.24) is 5.32 Å². The van der Waals surface area contributed by atoms with Crippen molar-refractivity contribution in [3.8, 4) is 11.8 Å². The SMILES string of the molecule is CCOc1c(I)cc(/C=C(/C#N)C(=O)NCCCc2ccccc2)cc1I. The Hall–Kier alpha value is -1.60. The number of nitrogens with zero attached hydrogens (tertiary/aromatic N) is 1. The van der Waals surface area contributed by atoms with Gasteiger partial charge in [0, 0.05) is 6.54 Å². The van der Waals surface area contributed by atoms with E-state index in [1.54, 1.807) is 6.08 Å². The van der Waals surface area contributed by atoms with E-state index in [9.17, 15) is 10.1 Å². The van der Waals surface area contributed by atoms with Crippen LogP contribution in [-0.4, -0.2) is 19.1 Å². The summed E-state index contributed by atoms with van der Waals surface area (Å²) >= 11 is 4.40. The summed E-state index contributed by atoms with van der Waals surface area (Å²) in [5.41, 5.74) is 2.15. The molecular formula is C21H20I2N2O2. The Kier molecular flexibility index (Phi) is 9.07. The van der Waals surface area contributed by atoms with E-state index in [1.807, 2.05) is 43.3 Å². The van der Waals surface area contributed by atoms with Crippen LogP contribution in [0.1, 0.15) is 24.5 Å². The maximum Gasteiger partial charge on any atom is 0.261 e. The van der Waals surface area contributed by atoms with E-state index in [4.69, 9.17) is 4.74 Å². The first-order valence-corrected chi connectivity index (χ1v) is 10.8. The monoisotopic (exact) mass is 586 g/mol. The lowest BCUT2D eigenvalue weighted by Crippen LogP contribution is -2.25. The molecule has 0 atom stereocenters. The summed E-state index contributed by atoms with van der Waals surface area (Å²) < 4.78 is 7.53. The van der Waals surface area contributed by atoms with Crippen LogP contribution in [-0.2, 0) is 11.2 Å². The standard InChI is InChI=1S/C21H20I2N2O2/c1-2-27-20-18(22)12-16(13-19(20)23)11-17(14-24)21(26)25-10-6-9-15-7-4-3-5-8-15/h3-5,7-8,11-13H,2,6,9-10H2,1H3,(H,25,26)/b17-11-. The van der Waals surface area contributed by atoms with Crippen molar-refractivity contribution in [1.29, 1.82) is 5.26 Å². The second kappa shape index (κ2) is 11.3. The number of nitriles is 1. The summed E-state index contributed by atoms with van der Waals surface area (Å²) in [6.07, 6.45) is 3.34. The molecule has 0 heterocycles. The number of aryl methyl sites for hydroxylation is 1. The zero-order valence-electron chi connectivity index (χ0n) is 15.0. The largest absolute Gasteiger partial charge is 0.492 e. The third-order valence-corrected chi connectivity index (χ3v) is 5.36. The molecule has 0 aliphatic heterocycles. The molecule has 0 fully saturated rings. The van der Waals surface area contributed by atoms with Crippen LogP contribution in [0, 0.1) is 18.5 Å². The molecule has 0 bridgehead atoms. The van der Waals surface area contributed by atoms with Crippen molar-refractivity contribution >= 4 is 57.2 Å². The van der Waals surface area contributed by atoms with Crippen LogP contribution < -0.4 is 10.1 Å². The first-order chi connectivity index (χ1) is 13.0. The van der Waals surface area contributed by atoms with Gasteiger partial charge in [-0.2, -0.15) is 5.26 Å². The summed E-state index contributed by atoms with van der Waals surface area (Å²) in [5, 5.41) is 12.2. The van der Waals surface area contributed by atoms with Crippen LogP contribution >= 0.6 is 45.2 Å². The molecule has 2 aromatic carbocycles. The zero-order chi connectivity index (χ0) is 19.6. The Morgan fingerprint density at radius 3 is 2.48 bits per heavy atom. The lowest BCUT2D eigenvalue weighted by atomic mass is 10.1. The van der Waals surface area contributed by atoms with E-state index in [0.29, 0.717) is 13.2 Å². The van der Waals surface area contributed by atoms with Gasteiger partial charge >= 0.3 is 0 Å². The summed E-state index contributed by atoms with van der Waals surface area (Å²) in [6, 6.07) is 15.9. The third kappa shape index (κ3) is 6.81. The van der Waals surface area contributed by atoms with Gasteiger partial charge in [0.25, 0.3) is 5.91 Å². The van der Waals surface area contributed by atoms with Gasteiger partial charge in [0.15, 0.2) is 0 Å². The fraction of sp³-hybridized carbons (Fsp3) is 0.238. The Morgan fingerprint density at radius 1 is 1.22 bits per heavy atom. The van der Waals surface area contributed by atoms with Gasteiger partial charge in [0.05, 0.1) is 13.7 Å². The molecule has 0 saturated heterocycles. The predicted octanol–water partition coefficient (Wildman–Crippen LogP) is 4.95. The van der Waals surface area contributed by atoms with Gasteiger partial charge < -0.3 is 10.1 Å². The molecule has 0 aliphatic rings. The molecule has 140 valence electrons. The van der Waals surface area contributed by atoms with E-state index < -0.39 is 0 Å². The van der Waals surface area contributed by atoms with Crippen LogP contribution in [0.25, 0.3) is 6.08 Å². The van der Waals surface area contributed by atoms with Gasteiger partial charge in [-0.15, -0.1) is 0 Å². The highest BCUT2D eigenvalue weighted by atomic mass is 127. The van der Waals surface area contributed by atoms with E-state index in [-0.39, 0.29) is 11.5 Å². The third-order valence-electron chi connectivity index (χ3n) is 3.76. The van der Waals surface area contributed by atoms with Crippen molar-refractivity contribution < 1.29 is 9.53 Å². The maximum atomic E-state index is 12.3. The Balaban J connectivity index is 1.98. The molecule has 0 unspecified atom stereocenters. The molecule has 1 N–H and O–H groups in total. The molecule has 0 radical (unpaired) electrons. The summed E-state index contributed by atoms with van der Waals surface area (Å²) in [7, 11) is 0. The number of ether oxygens (including phenoxy) is 1. The fourth-order valence-corrected chi connectivity index (χ4v) is 4.62. The predicted molar refractivity (Wildman–Crippen MR) is 124 cm³/mol. The number of benzene rings is 2. The highest BCUT2D eigenvalue weighted by Crippen LogP contribution is 2.29. The molecule has 0 saturated carbocycles. The highest BCUT2D eigenvalue weighted by Gasteiger charge is 2.11. The fourth-order valence-electron chi connectivity index (χ4n) is 2.49. The second-order valence-corrected chi connectivity index (χ2v) is 8.09. The number of amides is 1. The number of carbonyl (C=O) groups excluding carboxylic acids is 1. The van der Waals surface area contributed by atoms with Crippen molar-refractivity contribution in [3.63, 3.8) is 0 Å². The zero-order valence-corrected chi connectivity index (χ0v) is 19.3. The molecule has 2 aromatic rings. The Labute approximate surface area is 187 Å². The molecule has 0 spiro atoms. The summed E-state index contributed by atoms with van der Waals surface area (Å²) in [6.45, 7) is 3.07. The van der Waals surface area contributed by atoms with Gasteiger partial charge in [0.2, 0.25) is 0 Å². The minimum Gasteiger partial charge on any atom is -0.492 e. The van der Waals surface area contributed by atoms with Crippen LogP contribution in [0.5, 0.6) is 5.75 Å². The minimum atomic E-state index is -0.343. The molecule has 0 aliphatic carbocycles. The first-order valence-electron chi connectivity index (χ1n) is 8.61. The van der Waals surface area contributed by atoms with Crippen molar-refractivity contribution in [2.75, 3.05) is 13.2 Å². The Bertz CT molecular complexity index is 835. The number of carbonyl (C=O) groups is 1. The van der Waals surface area contributed by atoms with Crippen LogP contribution in [0.3, 0.4) is 0 Å². The van der Waals surface area contributed by atoms with Gasteiger partial charge in [-0.25, -0.2) is 0 Å². The van der Waals surface area contributed by atoms with E-state index in [0.717, 1.165) is 31.3 Å². The average molecular weight is 586 g/mol. The first kappa shape index (κ1) is 21.7. The van der Waals surface area contributed by atoms with E-state index in [1.165, 1.54) is 5.56 Å². The number of hydrogen-bond acceptors (Lipinski definition) is 3. The Morgan fingerprint density at radius 2 is 1.89 bits per heavy atom. The van der Waals surface area contributed by atoms with Crippen LogP contribution in [0.4, 0.5) is 0 Å². The topological polar surface area (TPSA) is 62.1 Å². The lowest BCUT2D eigenvalue weighted by Gasteiger charge is -2.10. The van der Waals surface area contributed by atoms with Gasteiger partial charge in [-0.3, -0.25) is 4.79 Å². The maximum absolute atomic E-state index is 12.3. The van der Waals surface area contributed by atoms with Crippen LogP contribution in [0.2, 0.25) is 0 Å². The number of nitrogens with one attached hydrogen (secondary N) is 1.